The van der Waals surface area contributed by atoms with Crippen LogP contribution in [0.5, 0.6) is 0 Å². The van der Waals surface area contributed by atoms with Crippen LogP contribution in [0.1, 0.15) is 23.6 Å². The van der Waals surface area contributed by atoms with Crippen molar-refractivity contribution in [2.45, 2.75) is 24.0 Å². The predicted octanol–water partition coefficient (Wildman–Crippen LogP) is 1.84. The molecule has 2 rings (SSSR count). The van der Waals surface area contributed by atoms with E-state index in [0.29, 0.717) is 17.0 Å². The average Bonchev–Trinajstić information content (AvgIpc) is 2.30. The molecular formula is C10H15N3S2. The summed E-state index contributed by atoms with van der Waals surface area (Å²) < 4.78 is 0. The van der Waals surface area contributed by atoms with Crippen LogP contribution >= 0.6 is 23.5 Å². The standard InChI is InChI=1S/C10H15N3S2/c1-7-9(15-3-2-14-7)10-12-5-8(4-11)6-13-10/h5-7,9H,2-4,11H2,1H3. The Kier molecular flexibility index (Phi) is 3.88. The van der Waals surface area contributed by atoms with Crippen molar-refractivity contribution in [2.75, 3.05) is 11.5 Å². The molecule has 1 fully saturated rings. The summed E-state index contributed by atoms with van der Waals surface area (Å²) in [5.41, 5.74) is 6.52. The van der Waals surface area contributed by atoms with Crippen molar-refractivity contribution in [3.05, 3.63) is 23.8 Å². The summed E-state index contributed by atoms with van der Waals surface area (Å²) in [6.45, 7) is 2.77. The van der Waals surface area contributed by atoms with Gasteiger partial charge in [0.2, 0.25) is 0 Å². The lowest BCUT2D eigenvalue weighted by molar-refractivity contribution is 0.813. The SMILES string of the molecule is CC1SCCSC1c1ncc(CN)cn1. The zero-order valence-electron chi connectivity index (χ0n) is 8.72. The predicted molar refractivity (Wildman–Crippen MR) is 67.0 cm³/mol. The highest BCUT2D eigenvalue weighted by molar-refractivity contribution is 8.06. The molecule has 1 aliphatic rings. The quantitative estimate of drug-likeness (QED) is 0.856. The van der Waals surface area contributed by atoms with E-state index in [4.69, 9.17) is 5.73 Å². The number of thioether (sulfide) groups is 2. The van der Waals surface area contributed by atoms with Crippen LogP contribution in [0.2, 0.25) is 0 Å². The second kappa shape index (κ2) is 5.18. The maximum atomic E-state index is 5.52. The summed E-state index contributed by atoms with van der Waals surface area (Å²) in [4.78, 5) is 8.80. The van der Waals surface area contributed by atoms with Crippen molar-refractivity contribution in [3.8, 4) is 0 Å². The number of rotatable bonds is 2. The minimum atomic E-state index is 0.440. The molecule has 0 aliphatic carbocycles. The third-order valence-corrected chi connectivity index (χ3v) is 5.49. The molecule has 3 nitrogen and oxygen atoms in total. The number of nitrogens with two attached hydrogens (primary N) is 1. The van der Waals surface area contributed by atoms with Crippen molar-refractivity contribution in [1.29, 1.82) is 0 Å². The maximum absolute atomic E-state index is 5.52. The molecule has 0 saturated carbocycles. The largest absolute Gasteiger partial charge is 0.326 e. The molecule has 0 aromatic carbocycles. The van der Waals surface area contributed by atoms with Gasteiger partial charge in [0, 0.05) is 41.3 Å². The van der Waals surface area contributed by atoms with Crippen molar-refractivity contribution in [1.82, 2.24) is 9.97 Å². The Morgan fingerprint density at radius 3 is 2.60 bits per heavy atom. The van der Waals surface area contributed by atoms with Crippen LogP contribution in [0, 0.1) is 0 Å². The third-order valence-electron chi connectivity index (χ3n) is 2.40. The normalized spacial score (nSPS) is 26.5. The molecular weight excluding hydrogens is 226 g/mol. The van der Waals surface area contributed by atoms with Gasteiger partial charge >= 0.3 is 0 Å². The zero-order valence-corrected chi connectivity index (χ0v) is 10.4. The summed E-state index contributed by atoms with van der Waals surface area (Å²) in [7, 11) is 0. The molecule has 1 aromatic heterocycles. The number of hydrogen-bond acceptors (Lipinski definition) is 5. The molecule has 1 aliphatic heterocycles. The summed E-state index contributed by atoms with van der Waals surface area (Å²) in [5, 5.41) is 1.04. The Morgan fingerprint density at radius 1 is 1.33 bits per heavy atom. The molecule has 0 radical (unpaired) electrons. The molecule has 2 unspecified atom stereocenters. The van der Waals surface area contributed by atoms with Crippen molar-refractivity contribution in [3.63, 3.8) is 0 Å². The van der Waals surface area contributed by atoms with Gasteiger partial charge in [0.05, 0.1) is 5.25 Å². The lowest BCUT2D eigenvalue weighted by atomic mass is 10.3. The third kappa shape index (κ3) is 2.65. The lowest BCUT2D eigenvalue weighted by Crippen LogP contribution is -2.18. The van der Waals surface area contributed by atoms with Gasteiger partial charge in [0.25, 0.3) is 0 Å². The molecule has 82 valence electrons. The van der Waals surface area contributed by atoms with Gasteiger partial charge in [-0.1, -0.05) is 6.92 Å². The fraction of sp³-hybridized carbons (Fsp3) is 0.600. The van der Waals surface area contributed by atoms with Crippen LogP contribution in [0.4, 0.5) is 0 Å². The van der Waals surface area contributed by atoms with E-state index >= 15 is 0 Å². The average molecular weight is 241 g/mol. The first-order valence-electron chi connectivity index (χ1n) is 5.05. The highest BCUT2D eigenvalue weighted by atomic mass is 32.2. The van der Waals surface area contributed by atoms with Crippen LogP contribution in [-0.4, -0.2) is 26.7 Å². The lowest BCUT2D eigenvalue weighted by Gasteiger charge is -2.26. The van der Waals surface area contributed by atoms with E-state index in [-0.39, 0.29) is 0 Å². The topological polar surface area (TPSA) is 51.8 Å². The van der Waals surface area contributed by atoms with Crippen molar-refractivity contribution in [2.24, 2.45) is 5.73 Å². The molecule has 5 heteroatoms. The Labute approximate surface area is 98.6 Å². The van der Waals surface area contributed by atoms with Crippen molar-refractivity contribution >= 4 is 23.5 Å². The zero-order chi connectivity index (χ0) is 10.7. The molecule has 0 spiro atoms. The minimum absolute atomic E-state index is 0.440. The van der Waals surface area contributed by atoms with E-state index in [2.05, 4.69) is 16.9 Å². The Bertz CT molecular complexity index is 315. The van der Waals surface area contributed by atoms with Crippen molar-refractivity contribution < 1.29 is 0 Å². The molecule has 2 N–H and O–H groups in total. The van der Waals surface area contributed by atoms with E-state index < -0.39 is 0 Å². The van der Waals surface area contributed by atoms with Crippen LogP contribution < -0.4 is 5.73 Å². The number of hydrogen-bond donors (Lipinski definition) is 1. The second-order valence-corrected chi connectivity index (χ2v) is 6.26. The second-order valence-electron chi connectivity index (χ2n) is 3.52. The first-order valence-corrected chi connectivity index (χ1v) is 7.15. The smallest absolute Gasteiger partial charge is 0.142 e. The minimum Gasteiger partial charge on any atom is -0.326 e. The maximum Gasteiger partial charge on any atom is 0.142 e. The van der Waals surface area contributed by atoms with E-state index in [1.54, 1.807) is 0 Å². The Balaban J connectivity index is 2.13. The molecule has 1 aromatic rings. The summed E-state index contributed by atoms with van der Waals surface area (Å²) in [6.07, 6.45) is 3.68. The van der Waals surface area contributed by atoms with Gasteiger partial charge < -0.3 is 5.73 Å². The molecule has 2 heterocycles. The fourth-order valence-corrected chi connectivity index (χ4v) is 4.24. The Morgan fingerprint density at radius 2 is 2.00 bits per heavy atom. The van der Waals surface area contributed by atoms with E-state index in [1.165, 1.54) is 11.5 Å². The molecule has 15 heavy (non-hydrogen) atoms. The van der Waals surface area contributed by atoms with Crippen LogP contribution in [-0.2, 0) is 6.54 Å². The van der Waals surface area contributed by atoms with Crippen LogP contribution in [0.25, 0.3) is 0 Å². The van der Waals surface area contributed by atoms with Gasteiger partial charge in [-0.2, -0.15) is 11.8 Å². The first-order chi connectivity index (χ1) is 7.31. The van der Waals surface area contributed by atoms with Crippen LogP contribution in [0.3, 0.4) is 0 Å². The van der Waals surface area contributed by atoms with Gasteiger partial charge in [0.1, 0.15) is 5.82 Å². The molecule has 2 atom stereocenters. The van der Waals surface area contributed by atoms with Gasteiger partial charge in [-0.25, -0.2) is 9.97 Å². The van der Waals surface area contributed by atoms with Gasteiger partial charge in [-0.3, -0.25) is 0 Å². The molecule has 1 saturated heterocycles. The summed E-state index contributed by atoms with van der Waals surface area (Å²) in [5.74, 6) is 3.39. The highest BCUT2D eigenvalue weighted by Crippen LogP contribution is 2.40. The van der Waals surface area contributed by atoms with Gasteiger partial charge in [-0.15, -0.1) is 11.8 Å². The van der Waals surface area contributed by atoms with Crippen LogP contribution in [0.15, 0.2) is 12.4 Å². The first kappa shape index (κ1) is 11.2. The van der Waals surface area contributed by atoms with E-state index in [1.807, 2.05) is 35.9 Å². The summed E-state index contributed by atoms with van der Waals surface area (Å²) in [6, 6.07) is 0. The number of nitrogens with zero attached hydrogens (tertiary/aromatic N) is 2. The molecule has 0 amide bonds. The van der Waals surface area contributed by atoms with E-state index in [9.17, 15) is 0 Å². The monoisotopic (exact) mass is 241 g/mol. The summed E-state index contributed by atoms with van der Waals surface area (Å²) >= 11 is 3.97. The molecule has 0 bridgehead atoms. The Hall–Kier alpha value is -0.260. The highest BCUT2D eigenvalue weighted by Gasteiger charge is 2.26. The van der Waals surface area contributed by atoms with Gasteiger partial charge in [0.15, 0.2) is 0 Å². The fourth-order valence-electron chi connectivity index (χ4n) is 1.53. The van der Waals surface area contributed by atoms with Gasteiger partial charge in [-0.05, 0) is 0 Å². The number of aromatic nitrogens is 2. The van der Waals surface area contributed by atoms with E-state index in [0.717, 1.165) is 11.4 Å².